The van der Waals surface area contributed by atoms with E-state index in [1.807, 2.05) is 19.1 Å². The number of ether oxygens (including phenoxy) is 1. The number of phenolic OH excluding ortho intramolecular Hbond substituents is 1. The van der Waals surface area contributed by atoms with Crippen LogP contribution in [0.4, 0.5) is 11.5 Å². The smallest absolute Gasteiger partial charge is 0.303 e. The van der Waals surface area contributed by atoms with Crippen LogP contribution in [0.3, 0.4) is 0 Å². The first-order valence-corrected chi connectivity index (χ1v) is 9.69. The maximum Gasteiger partial charge on any atom is 0.303 e. The van der Waals surface area contributed by atoms with Gasteiger partial charge in [0.05, 0.1) is 12.2 Å². The quantitative estimate of drug-likeness (QED) is 0.337. The van der Waals surface area contributed by atoms with Crippen molar-refractivity contribution in [1.82, 2.24) is 15.5 Å². The molecule has 0 atom stereocenters. The predicted molar refractivity (Wildman–Crippen MR) is 115 cm³/mol. The minimum atomic E-state index is -0.927. The number of aromatic nitrogens is 2. The van der Waals surface area contributed by atoms with Crippen LogP contribution in [0.15, 0.2) is 41.2 Å². The number of anilines is 2. The summed E-state index contributed by atoms with van der Waals surface area (Å²) in [6, 6.07) is 10.5. The van der Waals surface area contributed by atoms with Crippen LogP contribution in [0.1, 0.15) is 18.9 Å². The molecule has 2 aromatic carbocycles. The number of benzene rings is 2. The molecule has 0 spiro atoms. The molecule has 6 N–H and O–H groups in total. The number of carbonyl (C=O) groups is 1. The maximum atomic E-state index is 12.3. The zero-order valence-corrected chi connectivity index (χ0v) is 16.7. The topological polar surface area (TPSA) is 149 Å². The van der Waals surface area contributed by atoms with E-state index in [2.05, 4.69) is 26.4 Å². The first-order chi connectivity index (χ1) is 15.0. The Balaban J connectivity index is 1.73. The van der Waals surface area contributed by atoms with Crippen molar-refractivity contribution in [2.45, 2.75) is 19.8 Å². The molecule has 0 amide bonds. The number of aliphatic carboxylic acids is 1. The summed E-state index contributed by atoms with van der Waals surface area (Å²) in [7, 11) is 0. The molecule has 4 rings (SSSR count). The third kappa shape index (κ3) is 4.14. The summed E-state index contributed by atoms with van der Waals surface area (Å²) in [5.41, 5.74) is 10.9. The molecular formula is C21H21N5O5. The Hall–Kier alpha value is -4.05. The van der Waals surface area contributed by atoms with Crippen molar-refractivity contribution in [3.05, 3.63) is 52.3 Å². The van der Waals surface area contributed by atoms with E-state index >= 15 is 0 Å². The van der Waals surface area contributed by atoms with Crippen molar-refractivity contribution < 1.29 is 19.7 Å². The van der Waals surface area contributed by atoms with Crippen molar-refractivity contribution in [1.29, 1.82) is 0 Å². The van der Waals surface area contributed by atoms with Crippen LogP contribution in [-0.2, 0) is 11.2 Å². The van der Waals surface area contributed by atoms with E-state index in [-0.39, 0.29) is 24.2 Å². The molecule has 1 aliphatic rings. The molecule has 0 bridgehead atoms. The van der Waals surface area contributed by atoms with Crippen molar-refractivity contribution in [2.24, 2.45) is 0 Å². The summed E-state index contributed by atoms with van der Waals surface area (Å²) in [5.74, 6) is 0.392. The summed E-state index contributed by atoms with van der Waals surface area (Å²) in [4.78, 5) is 30.4. The molecular weight excluding hydrogens is 402 g/mol. The number of fused-ring (bicyclic) bond motifs is 1. The Kier molecular flexibility index (Phi) is 5.46. The molecule has 3 aromatic rings. The van der Waals surface area contributed by atoms with Gasteiger partial charge in [-0.1, -0.05) is 12.1 Å². The van der Waals surface area contributed by atoms with Crippen LogP contribution in [0.25, 0.3) is 22.5 Å². The second kappa shape index (κ2) is 8.36. The fraction of sp³-hybridized carbons (Fsp3) is 0.190. The SMILES string of the molecule is CCOc1cc(-c2ccc(O)c(CCC(=O)O)c2)ccc1-c1nc2c(c(=O)[nH]1)NNN2. The molecule has 2 heterocycles. The number of aryl methyl sites for hydroxylation is 1. The fourth-order valence-corrected chi connectivity index (χ4v) is 3.34. The van der Waals surface area contributed by atoms with E-state index in [0.717, 1.165) is 11.1 Å². The zero-order valence-electron chi connectivity index (χ0n) is 16.7. The lowest BCUT2D eigenvalue weighted by Crippen LogP contribution is -2.21. The second-order valence-electron chi connectivity index (χ2n) is 6.89. The first-order valence-electron chi connectivity index (χ1n) is 9.69. The van der Waals surface area contributed by atoms with Crippen LogP contribution in [-0.4, -0.2) is 32.8 Å². The molecule has 0 unspecified atom stereocenters. The summed E-state index contributed by atoms with van der Waals surface area (Å²) >= 11 is 0. The Morgan fingerprint density at radius 1 is 1.13 bits per heavy atom. The molecule has 31 heavy (non-hydrogen) atoms. The molecule has 160 valence electrons. The third-order valence-electron chi connectivity index (χ3n) is 4.85. The van der Waals surface area contributed by atoms with E-state index in [0.29, 0.717) is 40.8 Å². The van der Waals surface area contributed by atoms with Crippen molar-refractivity contribution in [3.8, 4) is 34.0 Å². The Morgan fingerprint density at radius 3 is 2.68 bits per heavy atom. The molecule has 0 fully saturated rings. The highest BCUT2D eigenvalue weighted by molar-refractivity contribution is 5.76. The van der Waals surface area contributed by atoms with E-state index in [1.165, 1.54) is 0 Å². The normalized spacial score (nSPS) is 12.0. The Morgan fingerprint density at radius 2 is 1.90 bits per heavy atom. The maximum absolute atomic E-state index is 12.3. The summed E-state index contributed by atoms with van der Waals surface area (Å²) in [6.07, 6.45) is 0.149. The average molecular weight is 423 g/mol. The van der Waals surface area contributed by atoms with Crippen molar-refractivity contribution in [3.63, 3.8) is 0 Å². The number of nitrogens with one attached hydrogen (secondary N) is 4. The van der Waals surface area contributed by atoms with Gasteiger partial charge in [-0.3, -0.25) is 20.4 Å². The monoisotopic (exact) mass is 423 g/mol. The molecule has 10 nitrogen and oxygen atoms in total. The van der Waals surface area contributed by atoms with Gasteiger partial charge in [0.25, 0.3) is 5.56 Å². The molecule has 0 aliphatic carbocycles. The number of nitrogens with zero attached hydrogens (tertiary/aromatic N) is 1. The number of rotatable bonds is 7. The van der Waals surface area contributed by atoms with Gasteiger partial charge < -0.3 is 19.9 Å². The van der Waals surface area contributed by atoms with Gasteiger partial charge in [-0.25, -0.2) is 4.98 Å². The first kappa shape index (κ1) is 20.2. The lowest BCUT2D eigenvalue weighted by molar-refractivity contribution is -0.136. The van der Waals surface area contributed by atoms with Crippen LogP contribution < -0.4 is 26.7 Å². The summed E-state index contributed by atoms with van der Waals surface area (Å²) in [5, 5.41) is 19.0. The number of hydrogen-bond donors (Lipinski definition) is 6. The van der Waals surface area contributed by atoms with Crippen molar-refractivity contribution in [2.75, 3.05) is 17.5 Å². The third-order valence-corrected chi connectivity index (χ3v) is 4.85. The molecule has 1 aliphatic heterocycles. The summed E-state index contributed by atoms with van der Waals surface area (Å²) < 4.78 is 5.80. The number of hydrazine groups is 2. The molecule has 0 saturated carbocycles. The minimum absolute atomic E-state index is 0.0567. The van der Waals surface area contributed by atoms with E-state index in [1.54, 1.807) is 24.3 Å². The second-order valence-corrected chi connectivity index (χ2v) is 6.89. The standard InChI is InChI=1S/C21H21N5O5/c1-2-31-16-10-12(11-4-7-15(27)13(9-11)5-8-17(28)29)3-6-14(16)19-22-20-18(21(30)23-19)24-26-25-20/h3-4,6-7,9-10,24,26-27H,2,5,8H2,1H3,(H,28,29)(H2,22,23,25,30). The van der Waals surface area contributed by atoms with Gasteiger partial charge in [0, 0.05) is 6.42 Å². The highest BCUT2D eigenvalue weighted by Crippen LogP contribution is 2.35. The number of phenols is 1. The van der Waals surface area contributed by atoms with Crippen LogP contribution >= 0.6 is 0 Å². The minimum Gasteiger partial charge on any atom is -0.508 e. The average Bonchev–Trinajstić information content (AvgIpc) is 3.22. The van der Waals surface area contributed by atoms with Gasteiger partial charge in [-0.2, -0.15) is 0 Å². The van der Waals surface area contributed by atoms with Gasteiger partial charge >= 0.3 is 5.97 Å². The lowest BCUT2D eigenvalue weighted by Gasteiger charge is -2.13. The zero-order chi connectivity index (χ0) is 22.0. The highest BCUT2D eigenvalue weighted by atomic mass is 16.5. The van der Waals surface area contributed by atoms with Gasteiger partial charge in [0.2, 0.25) is 0 Å². The molecule has 0 radical (unpaired) electrons. The molecule has 1 aromatic heterocycles. The van der Waals surface area contributed by atoms with E-state index in [9.17, 15) is 14.7 Å². The number of carboxylic acids is 1. The number of hydrogen-bond acceptors (Lipinski definition) is 8. The lowest BCUT2D eigenvalue weighted by atomic mass is 9.98. The molecule has 10 heteroatoms. The van der Waals surface area contributed by atoms with Gasteiger partial charge in [-0.05, 0) is 54.3 Å². The Labute approximate surface area is 176 Å². The van der Waals surface area contributed by atoms with Gasteiger partial charge in [-0.15, -0.1) is 5.53 Å². The number of aromatic hydroxyl groups is 1. The van der Waals surface area contributed by atoms with Gasteiger partial charge in [0.15, 0.2) is 11.5 Å². The van der Waals surface area contributed by atoms with Crippen LogP contribution in [0.5, 0.6) is 11.5 Å². The van der Waals surface area contributed by atoms with E-state index in [4.69, 9.17) is 9.84 Å². The van der Waals surface area contributed by atoms with E-state index < -0.39 is 5.97 Å². The molecule has 0 saturated heterocycles. The van der Waals surface area contributed by atoms with Crippen LogP contribution in [0.2, 0.25) is 0 Å². The predicted octanol–water partition coefficient (Wildman–Crippen LogP) is 2.48. The highest BCUT2D eigenvalue weighted by Gasteiger charge is 2.19. The summed E-state index contributed by atoms with van der Waals surface area (Å²) in [6.45, 7) is 2.27. The number of carboxylic acid groups (broad SMARTS) is 1. The number of aromatic amines is 1. The Bertz CT molecular complexity index is 1210. The van der Waals surface area contributed by atoms with Crippen LogP contribution in [0, 0.1) is 0 Å². The largest absolute Gasteiger partial charge is 0.508 e. The number of H-pyrrole nitrogens is 1. The fourth-order valence-electron chi connectivity index (χ4n) is 3.34. The van der Waals surface area contributed by atoms with Crippen molar-refractivity contribution >= 4 is 17.5 Å². The van der Waals surface area contributed by atoms with Gasteiger partial charge in [0.1, 0.15) is 17.3 Å².